The fourth-order valence-electron chi connectivity index (χ4n) is 4.20. The van der Waals surface area contributed by atoms with Crippen molar-refractivity contribution < 1.29 is 9.53 Å². The average molecular weight is 515 g/mol. The van der Waals surface area contributed by atoms with Crippen molar-refractivity contribution in [3.05, 3.63) is 69.8 Å². The van der Waals surface area contributed by atoms with Crippen LogP contribution in [0.15, 0.2) is 48.5 Å². The Morgan fingerprint density at radius 1 is 1.11 bits per heavy atom. The number of nitrogens with zero attached hydrogens (tertiary/aromatic N) is 2. The smallest absolute Gasteiger partial charge is 0.272 e. The van der Waals surface area contributed by atoms with Gasteiger partial charge in [-0.3, -0.25) is 4.79 Å². The molecule has 35 heavy (non-hydrogen) atoms. The first-order valence-corrected chi connectivity index (χ1v) is 13.1. The van der Waals surface area contributed by atoms with Crippen LogP contribution in [0.3, 0.4) is 0 Å². The van der Waals surface area contributed by atoms with E-state index in [0.717, 1.165) is 32.1 Å². The highest BCUT2D eigenvalue weighted by Gasteiger charge is 2.28. The maximum absolute atomic E-state index is 13.5. The average Bonchev–Trinajstić information content (AvgIpc) is 3.22. The quantitative estimate of drug-likeness (QED) is 0.325. The van der Waals surface area contributed by atoms with Crippen molar-refractivity contribution in [2.75, 3.05) is 0 Å². The summed E-state index contributed by atoms with van der Waals surface area (Å²) >= 11 is 12.6. The van der Waals surface area contributed by atoms with E-state index in [1.54, 1.807) is 35.0 Å². The lowest BCUT2D eigenvalue weighted by molar-refractivity contribution is 0.0921. The van der Waals surface area contributed by atoms with Gasteiger partial charge in [0.25, 0.3) is 5.91 Å². The van der Waals surface area contributed by atoms with Crippen LogP contribution >= 0.6 is 23.2 Å². The van der Waals surface area contributed by atoms with E-state index in [2.05, 4.69) is 24.5 Å². The molecule has 0 radical (unpaired) electrons. The molecule has 3 aromatic rings. The van der Waals surface area contributed by atoms with Gasteiger partial charge in [-0.05, 0) is 62.6 Å². The van der Waals surface area contributed by atoms with Gasteiger partial charge in [0, 0.05) is 23.7 Å². The summed E-state index contributed by atoms with van der Waals surface area (Å²) in [4.78, 5) is 13.5. The molecular weight excluding hydrogens is 483 g/mol. The fourth-order valence-corrected chi connectivity index (χ4v) is 4.55. The predicted octanol–water partition coefficient (Wildman–Crippen LogP) is 6.92. The molecule has 1 saturated carbocycles. The second-order valence-corrected chi connectivity index (χ2v) is 9.89. The van der Waals surface area contributed by atoms with Crippen molar-refractivity contribution in [2.24, 2.45) is 0 Å². The molecule has 1 aliphatic rings. The Bertz CT molecular complexity index is 1140. The standard InChI is InChI=1S/C27H32Cl2N4O2/c1-3-18(2)30-17-22-25(26(34)31-20-9-5-4-6-10-20)32-33(24-12-8-7-11-23(24)29)27(22)35-21-15-13-19(28)14-16-21/h7-8,11-16,18,20,30H,3-6,9-10,17H2,1-2H3,(H,31,34). The number of benzene rings is 2. The number of carbonyl (C=O) groups is 1. The Hall–Kier alpha value is -2.54. The van der Waals surface area contributed by atoms with E-state index in [1.807, 2.05) is 18.2 Å². The Morgan fingerprint density at radius 2 is 1.83 bits per heavy atom. The van der Waals surface area contributed by atoms with Gasteiger partial charge < -0.3 is 15.4 Å². The number of ether oxygens (including phenoxy) is 1. The first-order chi connectivity index (χ1) is 17.0. The highest BCUT2D eigenvalue weighted by atomic mass is 35.5. The maximum atomic E-state index is 13.5. The first-order valence-electron chi connectivity index (χ1n) is 12.3. The fraction of sp³-hybridized carbons (Fsp3) is 0.407. The topological polar surface area (TPSA) is 68.2 Å². The van der Waals surface area contributed by atoms with E-state index < -0.39 is 0 Å². The molecule has 1 aromatic heterocycles. The van der Waals surface area contributed by atoms with E-state index >= 15 is 0 Å². The van der Waals surface area contributed by atoms with Crippen molar-refractivity contribution >= 4 is 29.1 Å². The number of carbonyl (C=O) groups excluding carboxylic acids is 1. The third-order valence-electron chi connectivity index (χ3n) is 6.44. The van der Waals surface area contributed by atoms with Crippen molar-refractivity contribution in [1.29, 1.82) is 0 Å². The number of nitrogens with one attached hydrogen (secondary N) is 2. The van der Waals surface area contributed by atoms with Gasteiger partial charge in [-0.1, -0.05) is 61.5 Å². The normalized spacial score (nSPS) is 15.1. The second kappa shape index (κ2) is 11.9. The minimum Gasteiger partial charge on any atom is -0.439 e. The Labute approximate surface area is 217 Å². The lowest BCUT2D eigenvalue weighted by Crippen LogP contribution is -2.37. The number of amides is 1. The minimum absolute atomic E-state index is 0.165. The summed E-state index contributed by atoms with van der Waals surface area (Å²) < 4.78 is 7.98. The molecule has 1 unspecified atom stereocenters. The maximum Gasteiger partial charge on any atom is 0.272 e. The SMILES string of the molecule is CCC(C)NCc1c(C(=O)NC2CCCCC2)nn(-c2ccccc2Cl)c1Oc1ccc(Cl)cc1. The van der Waals surface area contributed by atoms with E-state index in [0.29, 0.717) is 45.2 Å². The van der Waals surface area contributed by atoms with Gasteiger partial charge in [-0.2, -0.15) is 9.78 Å². The van der Waals surface area contributed by atoms with Crippen molar-refractivity contribution in [3.8, 4) is 17.3 Å². The highest BCUT2D eigenvalue weighted by molar-refractivity contribution is 6.32. The molecule has 8 heteroatoms. The zero-order valence-electron chi connectivity index (χ0n) is 20.2. The number of para-hydroxylation sites is 1. The first kappa shape index (κ1) is 25.5. The zero-order chi connectivity index (χ0) is 24.8. The molecule has 2 N–H and O–H groups in total. The highest BCUT2D eigenvalue weighted by Crippen LogP contribution is 2.34. The molecule has 1 aliphatic carbocycles. The van der Waals surface area contributed by atoms with Crippen LogP contribution < -0.4 is 15.4 Å². The van der Waals surface area contributed by atoms with Crippen LogP contribution in [0, 0.1) is 0 Å². The van der Waals surface area contributed by atoms with Crippen LogP contribution in [-0.2, 0) is 6.54 Å². The Kier molecular flexibility index (Phi) is 8.71. The van der Waals surface area contributed by atoms with Gasteiger partial charge >= 0.3 is 0 Å². The summed E-state index contributed by atoms with van der Waals surface area (Å²) in [6.07, 6.45) is 6.42. The second-order valence-electron chi connectivity index (χ2n) is 9.05. The van der Waals surface area contributed by atoms with Crippen LogP contribution in [0.5, 0.6) is 11.6 Å². The molecule has 2 aromatic carbocycles. The minimum atomic E-state index is -0.190. The molecule has 1 fully saturated rings. The van der Waals surface area contributed by atoms with Crippen LogP contribution in [0.1, 0.15) is 68.4 Å². The van der Waals surface area contributed by atoms with E-state index in [-0.39, 0.29) is 18.0 Å². The molecule has 1 atom stereocenters. The molecule has 0 spiro atoms. The third kappa shape index (κ3) is 6.37. The summed E-state index contributed by atoms with van der Waals surface area (Å²) in [6.45, 7) is 4.66. The molecule has 6 nitrogen and oxygen atoms in total. The van der Waals surface area contributed by atoms with E-state index in [1.165, 1.54) is 6.42 Å². The van der Waals surface area contributed by atoms with Crippen LogP contribution in [0.4, 0.5) is 0 Å². The lowest BCUT2D eigenvalue weighted by atomic mass is 9.95. The van der Waals surface area contributed by atoms with Crippen LogP contribution in [0.2, 0.25) is 10.0 Å². The lowest BCUT2D eigenvalue weighted by Gasteiger charge is -2.22. The summed E-state index contributed by atoms with van der Waals surface area (Å²) in [5.74, 6) is 0.848. The molecule has 0 saturated heterocycles. The summed E-state index contributed by atoms with van der Waals surface area (Å²) in [6, 6.07) is 14.9. The molecule has 0 aliphatic heterocycles. The van der Waals surface area contributed by atoms with Gasteiger partial charge in [-0.25, -0.2) is 0 Å². The van der Waals surface area contributed by atoms with E-state index in [9.17, 15) is 4.79 Å². The molecule has 1 heterocycles. The number of hydrogen-bond acceptors (Lipinski definition) is 4. The van der Waals surface area contributed by atoms with E-state index in [4.69, 9.17) is 33.0 Å². The molecule has 186 valence electrons. The largest absolute Gasteiger partial charge is 0.439 e. The zero-order valence-corrected chi connectivity index (χ0v) is 21.7. The molecule has 4 rings (SSSR count). The number of rotatable bonds is 9. The predicted molar refractivity (Wildman–Crippen MR) is 141 cm³/mol. The van der Waals surface area contributed by atoms with Crippen molar-refractivity contribution in [3.63, 3.8) is 0 Å². The van der Waals surface area contributed by atoms with Crippen LogP contribution in [-0.4, -0.2) is 27.8 Å². The van der Waals surface area contributed by atoms with Crippen molar-refractivity contribution in [2.45, 2.75) is 71.0 Å². The third-order valence-corrected chi connectivity index (χ3v) is 7.01. The Morgan fingerprint density at radius 3 is 2.51 bits per heavy atom. The van der Waals surface area contributed by atoms with Gasteiger partial charge in [-0.15, -0.1) is 0 Å². The summed E-state index contributed by atoms with van der Waals surface area (Å²) in [7, 11) is 0. The molecule has 1 amide bonds. The molecule has 0 bridgehead atoms. The van der Waals surface area contributed by atoms with Crippen molar-refractivity contribution in [1.82, 2.24) is 20.4 Å². The number of aromatic nitrogens is 2. The van der Waals surface area contributed by atoms with Gasteiger partial charge in [0.15, 0.2) is 5.69 Å². The van der Waals surface area contributed by atoms with Gasteiger partial charge in [0.2, 0.25) is 5.88 Å². The summed E-state index contributed by atoms with van der Waals surface area (Å²) in [5.41, 5.74) is 1.67. The Balaban J connectivity index is 1.79. The summed E-state index contributed by atoms with van der Waals surface area (Å²) in [5, 5.41) is 12.6. The number of halogens is 2. The van der Waals surface area contributed by atoms with Gasteiger partial charge in [0.1, 0.15) is 5.75 Å². The number of hydrogen-bond donors (Lipinski definition) is 2. The van der Waals surface area contributed by atoms with Crippen LogP contribution in [0.25, 0.3) is 5.69 Å². The molecular formula is C27H32Cl2N4O2. The monoisotopic (exact) mass is 514 g/mol. The van der Waals surface area contributed by atoms with Gasteiger partial charge in [0.05, 0.1) is 16.3 Å².